The number of rotatable bonds is 6. The molecular formula is C10H21N3O2. The molecule has 0 aromatic heterocycles. The molecule has 1 fully saturated rings. The molecule has 1 aliphatic heterocycles. The molecule has 2 N–H and O–H groups in total. The van der Waals surface area contributed by atoms with Gasteiger partial charge in [0.25, 0.3) is 0 Å². The van der Waals surface area contributed by atoms with Crippen molar-refractivity contribution in [2.75, 3.05) is 40.4 Å². The van der Waals surface area contributed by atoms with Crippen LogP contribution in [0.1, 0.15) is 6.92 Å². The van der Waals surface area contributed by atoms with Crippen molar-refractivity contribution in [3.8, 4) is 0 Å². The highest BCUT2D eigenvalue weighted by molar-refractivity contribution is 5.78. The van der Waals surface area contributed by atoms with E-state index in [0.717, 1.165) is 13.1 Å². The first kappa shape index (κ1) is 12.4. The third kappa shape index (κ3) is 4.15. The van der Waals surface area contributed by atoms with Gasteiger partial charge in [0, 0.05) is 32.3 Å². The molecule has 1 amide bonds. The van der Waals surface area contributed by atoms with Crippen LogP contribution in [0.25, 0.3) is 0 Å². The van der Waals surface area contributed by atoms with Crippen LogP contribution in [-0.4, -0.2) is 63.3 Å². The molecule has 0 bridgehead atoms. The minimum absolute atomic E-state index is 0.0638. The summed E-state index contributed by atoms with van der Waals surface area (Å²) in [7, 11) is 3.61. The first-order valence-electron chi connectivity index (χ1n) is 5.32. The zero-order valence-electron chi connectivity index (χ0n) is 9.75. The average molecular weight is 215 g/mol. The highest BCUT2D eigenvalue weighted by Gasteiger charge is 2.23. The maximum Gasteiger partial charge on any atom is 0.234 e. The third-order valence-electron chi connectivity index (χ3n) is 2.60. The van der Waals surface area contributed by atoms with Gasteiger partial charge in [0.15, 0.2) is 0 Å². The predicted octanol–water partition coefficient (Wildman–Crippen LogP) is -0.959. The van der Waals surface area contributed by atoms with Gasteiger partial charge in [-0.2, -0.15) is 0 Å². The van der Waals surface area contributed by atoms with Crippen molar-refractivity contribution in [2.24, 2.45) is 0 Å². The van der Waals surface area contributed by atoms with Gasteiger partial charge in [-0.15, -0.1) is 0 Å². The summed E-state index contributed by atoms with van der Waals surface area (Å²) < 4.78 is 4.95. The second-order valence-corrected chi connectivity index (χ2v) is 4.15. The summed E-state index contributed by atoms with van der Waals surface area (Å²) in [6.45, 7) is 4.92. The van der Waals surface area contributed by atoms with Gasteiger partial charge in [-0.3, -0.25) is 9.69 Å². The predicted molar refractivity (Wildman–Crippen MR) is 58.8 cm³/mol. The van der Waals surface area contributed by atoms with E-state index >= 15 is 0 Å². The lowest BCUT2D eigenvalue weighted by Crippen LogP contribution is -2.57. The first-order valence-corrected chi connectivity index (χ1v) is 5.32. The van der Waals surface area contributed by atoms with Crippen molar-refractivity contribution in [2.45, 2.75) is 19.0 Å². The number of hydrogen-bond donors (Lipinski definition) is 2. The molecule has 1 atom stereocenters. The molecule has 0 aromatic rings. The monoisotopic (exact) mass is 215 g/mol. The van der Waals surface area contributed by atoms with Crippen LogP contribution in [0.3, 0.4) is 0 Å². The molecule has 0 aromatic carbocycles. The van der Waals surface area contributed by atoms with E-state index < -0.39 is 0 Å². The highest BCUT2D eigenvalue weighted by atomic mass is 16.5. The fourth-order valence-corrected chi connectivity index (χ4v) is 1.55. The molecule has 5 nitrogen and oxygen atoms in total. The van der Waals surface area contributed by atoms with Crippen LogP contribution in [0, 0.1) is 0 Å². The maximum atomic E-state index is 11.6. The van der Waals surface area contributed by atoms with Crippen molar-refractivity contribution in [1.82, 2.24) is 15.5 Å². The van der Waals surface area contributed by atoms with Crippen molar-refractivity contribution < 1.29 is 9.53 Å². The zero-order valence-corrected chi connectivity index (χ0v) is 9.75. The maximum absolute atomic E-state index is 11.6. The number of likely N-dealkylation sites (N-methyl/N-ethyl adjacent to an activating group) is 1. The Balaban J connectivity index is 2.16. The van der Waals surface area contributed by atoms with Crippen LogP contribution >= 0.6 is 0 Å². The van der Waals surface area contributed by atoms with E-state index in [0.29, 0.717) is 19.2 Å². The Morgan fingerprint density at radius 3 is 2.80 bits per heavy atom. The van der Waals surface area contributed by atoms with Crippen LogP contribution in [-0.2, 0) is 9.53 Å². The SMILES string of the molecule is COCC(C)NC(=O)CN(C)C1CNC1. The Morgan fingerprint density at radius 2 is 2.33 bits per heavy atom. The number of carbonyl (C=O) groups excluding carboxylic acids is 1. The molecular weight excluding hydrogens is 194 g/mol. The Morgan fingerprint density at radius 1 is 1.67 bits per heavy atom. The van der Waals surface area contributed by atoms with Gasteiger partial charge >= 0.3 is 0 Å². The van der Waals surface area contributed by atoms with Crippen LogP contribution < -0.4 is 10.6 Å². The fourth-order valence-electron chi connectivity index (χ4n) is 1.55. The molecule has 15 heavy (non-hydrogen) atoms. The lowest BCUT2D eigenvalue weighted by Gasteiger charge is -2.35. The number of amides is 1. The van der Waals surface area contributed by atoms with Crippen molar-refractivity contribution in [3.05, 3.63) is 0 Å². The van der Waals surface area contributed by atoms with Gasteiger partial charge in [0.2, 0.25) is 5.91 Å². The molecule has 0 radical (unpaired) electrons. The Bertz CT molecular complexity index is 207. The number of nitrogens with zero attached hydrogens (tertiary/aromatic N) is 1. The summed E-state index contributed by atoms with van der Waals surface area (Å²) in [5.41, 5.74) is 0. The van der Waals surface area contributed by atoms with Gasteiger partial charge in [-0.25, -0.2) is 0 Å². The molecule has 1 heterocycles. The normalized spacial score (nSPS) is 18.7. The van der Waals surface area contributed by atoms with Crippen LogP contribution in [0.2, 0.25) is 0 Å². The van der Waals surface area contributed by atoms with E-state index in [1.54, 1.807) is 7.11 Å². The van der Waals surface area contributed by atoms with E-state index in [-0.39, 0.29) is 11.9 Å². The number of ether oxygens (including phenoxy) is 1. The summed E-state index contributed by atoms with van der Waals surface area (Å²) in [6.07, 6.45) is 0. The second kappa shape index (κ2) is 6.05. The smallest absolute Gasteiger partial charge is 0.234 e. The van der Waals surface area contributed by atoms with E-state index in [4.69, 9.17) is 4.74 Å². The Hall–Kier alpha value is -0.650. The molecule has 1 unspecified atom stereocenters. The van der Waals surface area contributed by atoms with E-state index in [2.05, 4.69) is 15.5 Å². The molecule has 1 saturated heterocycles. The Kier molecular flexibility index (Phi) is 5.01. The number of nitrogens with one attached hydrogen (secondary N) is 2. The zero-order chi connectivity index (χ0) is 11.3. The van der Waals surface area contributed by atoms with Gasteiger partial charge < -0.3 is 15.4 Å². The number of methoxy groups -OCH3 is 1. The van der Waals surface area contributed by atoms with E-state index in [9.17, 15) is 4.79 Å². The summed E-state index contributed by atoms with van der Waals surface area (Å²) >= 11 is 0. The third-order valence-corrected chi connectivity index (χ3v) is 2.60. The molecule has 0 aliphatic carbocycles. The fraction of sp³-hybridized carbons (Fsp3) is 0.900. The topological polar surface area (TPSA) is 53.6 Å². The molecule has 0 saturated carbocycles. The van der Waals surface area contributed by atoms with Crippen molar-refractivity contribution >= 4 is 5.91 Å². The molecule has 88 valence electrons. The summed E-state index contributed by atoms with van der Waals surface area (Å²) in [5, 5.41) is 6.07. The van der Waals surface area contributed by atoms with Crippen molar-refractivity contribution in [1.29, 1.82) is 0 Å². The quantitative estimate of drug-likeness (QED) is 0.599. The summed E-state index contributed by atoms with van der Waals surface area (Å²) in [5.74, 6) is 0.0638. The number of carbonyl (C=O) groups is 1. The lowest BCUT2D eigenvalue weighted by atomic mass is 10.1. The standard InChI is InChI=1S/C10H21N3O2/c1-8(7-15-3)12-10(14)6-13(2)9-4-11-5-9/h8-9,11H,4-7H2,1-3H3,(H,12,14). The molecule has 0 spiro atoms. The summed E-state index contributed by atoms with van der Waals surface area (Å²) in [4.78, 5) is 13.6. The van der Waals surface area contributed by atoms with Crippen LogP contribution in [0.4, 0.5) is 0 Å². The highest BCUT2D eigenvalue weighted by Crippen LogP contribution is 2.00. The van der Waals surface area contributed by atoms with Crippen molar-refractivity contribution in [3.63, 3.8) is 0 Å². The molecule has 1 aliphatic rings. The Labute approximate surface area is 91.2 Å². The van der Waals surface area contributed by atoms with E-state index in [1.165, 1.54) is 0 Å². The van der Waals surface area contributed by atoms with Gasteiger partial charge in [-0.1, -0.05) is 0 Å². The minimum atomic E-state index is 0.0638. The second-order valence-electron chi connectivity index (χ2n) is 4.15. The van der Waals surface area contributed by atoms with Crippen LogP contribution in [0.5, 0.6) is 0 Å². The number of hydrogen-bond acceptors (Lipinski definition) is 4. The minimum Gasteiger partial charge on any atom is -0.383 e. The summed E-state index contributed by atoms with van der Waals surface area (Å²) in [6, 6.07) is 0.587. The molecule has 1 rings (SSSR count). The van der Waals surface area contributed by atoms with Gasteiger partial charge in [0.05, 0.1) is 13.2 Å². The van der Waals surface area contributed by atoms with Gasteiger partial charge in [-0.05, 0) is 14.0 Å². The van der Waals surface area contributed by atoms with E-state index in [1.807, 2.05) is 14.0 Å². The van der Waals surface area contributed by atoms with Crippen LogP contribution in [0.15, 0.2) is 0 Å². The van der Waals surface area contributed by atoms with Gasteiger partial charge in [0.1, 0.15) is 0 Å². The molecule has 5 heteroatoms. The largest absolute Gasteiger partial charge is 0.383 e. The first-order chi connectivity index (χ1) is 7.13. The lowest BCUT2D eigenvalue weighted by molar-refractivity contribution is -0.123. The average Bonchev–Trinajstić information content (AvgIpc) is 1.99.